The fourth-order valence-electron chi connectivity index (χ4n) is 5.37. The third-order valence-corrected chi connectivity index (χ3v) is 7.36. The highest BCUT2D eigenvalue weighted by Crippen LogP contribution is 2.38. The summed E-state index contributed by atoms with van der Waals surface area (Å²) in [5, 5.41) is 10.9. The average molecular weight is 629 g/mol. The van der Waals surface area contributed by atoms with Crippen LogP contribution in [0, 0.1) is 0 Å². The number of hydrogen-bond acceptors (Lipinski definition) is 8. The van der Waals surface area contributed by atoms with Crippen LogP contribution in [0.15, 0.2) is 36.9 Å². The maximum absolute atomic E-state index is 13.7. The van der Waals surface area contributed by atoms with E-state index < -0.39 is 41.2 Å². The van der Waals surface area contributed by atoms with Crippen LogP contribution in [0.1, 0.15) is 77.0 Å². The first-order valence-electron chi connectivity index (χ1n) is 14.1. The second-order valence-corrected chi connectivity index (χ2v) is 11.7. The van der Waals surface area contributed by atoms with Gasteiger partial charge in [0.15, 0.2) is 0 Å². The maximum atomic E-state index is 13.7. The van der Waals surface area contributed by atoms with Gasteiger partial charge in [-0.05, 0) is 80.6 Å². The SMILES string of the molecule is CC[C@@H]1C[C@H](N(Cc2cc(C(F)(F)F)cc(C(F)(F)F)c2)c2ncc(-n3cnnn3)cn2)C[C@H](CC)N1C(=O)OC(C)(C)C. The molecule has 3 aromatic rings. The minimum atomic E-state index is -5.00. The van der Waals surface area contributed by atoms with Crippen molar-refractivity contribution in [3.05, 3.63) is 53.6 Å². The van der Waals surface area contributed by atoms with Gasteiger partial charge in [-0.15, -0.1) is 5.10 Å². The molecule has 240 valence electrons. The van der Waals surface area contributed by atoms with Crippen molar-refractivity contribution in [2.75, 3.05) is 4.90 Å². The lowest BCUT2D eigenvalue weighted by Gasteiger charge is -2.48. The number of hydrogen-bond donors (Lipinski definition) is 0. The van der Waals surface area contributed by atoms with Crippen LogP contribution in [0.5, 0.6) is 0 Å². The number of rotatable bonds is 7. The van der Waals surface area contributed by atoms with Crippen LogP contribution < -0.4 is 4.90 Å². The molecule has 10 nitrogen and oxygen atoms in total. The number of carbonyl (C=O) groups is 1. The molecule has 1 aliphatic rings. The van der Waals surface area contributed by atoms with E-state index in [1.165, 1.54) is 23.4 Å². The molecular weight excluding hydrogens is 594 g/mol. The van der Waals surface area contributed by atoms with Crippen molar-refractivity contribution in [1.29, 1.82) is 0 Å². The third kappa shape index (κ3) is 7.75. The van der Waals surface area contributed by atoms with Crippen LogP contribution in [-0.4, -0.2) is 64.9 Å². The largest absolute Gasteiger partial charge is 0.444 e. The molecule has 0 aliphatic carbocycles. The summed E-state index contributed by atoms with van der Waals surface area (Å²) in [7, 11) is 0. The lowest BCUT2D eigenvalue weighted by Crippen LogP contribution is -2.57. The molecule has 1 saturated heterocycles. The van der Waals surface area contributed by atoms with Crippen molar-refractivity contribution < 1.29 is 35.9 Å². The molecule has 1 amide bonds. The molecule has 4 rings (SSSR count). The van der Waals surface area contributed by atoms with Crippen molar-refractivity contribution in [3.63, 3.8) is 0 Å². The predicted octanol–water partition coefficient (Wildman–Crippen LogP) is 6.45. The smallest absolute Gasteiger partial charge is 0.416 e. The van der Waals surface area contributed by atoms with Crippen LogP contribution >= 0.6 is 0 Å². The fraction of sp³-hybridized carbons (Fsp3) is 0.571. The summed E-state index contributed by atoms with van der Waals surface area (Å²) in [6, 6.07) is 0.452. The summed E-state index contributed by atoms with van der Waals surface area (Å²) in [5.41, 5.74) is -3.36. The van der Waals surface area contributed by atoms with Crippen LogP contribution in [0.2, 0.25) is 0 Å². The minimum Gasteiger partial charge on any atom is -0.444 e. The molecule has 0 radical (unpaired) electrons. The fourth-order valence-corrected chi connectivity index (χ4v) is 5.37. The van der Waals surface area contributed by atoms with Gasteiger partial charge in [0.1, 0.15) is 17.6 Å². The van der Waals surface area contributed by atoms with Crippen LogP contribution in [0.3, 0.4) is 0 Å². The molecule has 0 spiro atoms. The molecule has 0 N–H and O–H groups in total. The number of benzene rings is 1. The molecular formula is C28H34F6N8O2. The van der Waals surface area contributed by atoms with Gasteiger partial charge in [-0.2, -0.15) is 31.0 Å². The normalized spacial score (nSPS) is 19.6. The summed E-state index contributed by atoms with van der Waals surface area (Å²) in [4.78, 5) is 25.4. The van der Waals surface area contributed by atoms with E-state index in [1.807, 2.05) is 13.8 Å². The van der Waals surface area contributed by atoms with E-state index >= 15 is 0 Å². The van der Waals surface area contributed by atoms with Gasteiger partial charge in [0.25, 0.3) is 0 Å². The van der Waals surface area contributed by atoms with Gasteiger partial charge in [-0.25, -0.2) is 14.8 Å². The van der Waals surface area contributed by atoms with E-state index in [-0.39, 0.29) is 36.2 Å². The Morgan fingerprint density at radius 2 is 1.48 bits per heavy atom. The Kier molecular flexibility index (Phi) is 9.40. The van der Waals surface area contributed by atoms with E-state index in [2.05, 4.69) is 25.5 Å². The molecule has 2 aromatic heterocycles. The topological polar surface area (TPSA) is 102 Å². The Morgan fingerprint density at radius 3 is 1.91 bits per heavy atom. The van der Waals surface area contributed by atoms with Crippen LogP contribution in [-0.2, 0) is 23.6 Å². The third-order valence-electron chi connectivity index (χ3n) is 7.36. The summed E-state index contributed by atoms with van der Waals surface area (Å²) in [6.07, 6.45) is -4.54. The zero-order chi connectivity index (χ0) is 32.4. The second kappa shape index (κ2) is 12.6. The van der Waals surface area contributed by atoms with Gasteiger partial charge < -0.3 is 14.5 Å². The first kappa shape index (κ1) is 32.9. The number of anilines is 1. The van der Waals surface area contributed by atoms with Crippen molar-refractivity contribution in [3.8, 4) is 5.69 Å². The monoisotopic (exact) mass is 628 g/mol. The lowest BCUT2D eigenvalue weighted by atomic mass is 9.87. The number of nitrogens with zero attached hydrogens (tertiary/aromatic N) is 8. The molecule has 3 heterocycles. The molecule has 1 aromatic carbocycles. The number of piperidine rings is 1. The summed E-state index contributed by atoms with van der Waals surface area (Å²) in [6.45, 7) is 8.76. The molecule has 1 aliphatic heterocycles. The highest BCUT2D eigenvalue weighted by molar-refractivity contribution is 5.69. The van der Waals surface area contributed by atoms with Gasteiger partial charge in [0, 0.05) is 24.7 Å². The summed E-state index contributed by atoms with van der Waals surface area (Å²) < 4.78 is 89.1. The van der Waals surface area contributed by atoms with Crippen molar-refractivity contribution >= 4 is 12.0 Å². The minimum absolute atomic E-state index is 0.0909. The van der Waals surface area contributed by atoms with Gasteiger partial charge in [0.2, 0.25) is 5.95 Å². The van der Waals surface area contributed by atoms with Gasteiger partial charge in [-0.3, -0.25) is 0 Å². The summed E-state index contributed by atoms with van der Waals surface area (Å²) in [5.74, 6) is 0.0909. The van der Waals surface area contributed by atoms with E-state index in [0.717, 1.165) is 0 Å². The Labute approximate surface area is 250 Å². The standard InChI is InChI=1S/C28H34F6N8O2/c1-6-20-11-22(12-21(7-2)42(20)25(43)44-26(3,4)5)40(24-35-13-23(14-36-24)41-16-37-38-39-41)15-17-8-18(27(29,30)31)10-19(9-17)28(32,33)34/h8-10,13-14,16,20-22H,6-7,11-12,15H2,1-5H3/t20-,21+,22+. The maximum Gasteiger partial charge on any atom is 0.416 e. The Bertz CT molecular complexity index is 1360. The van der Waals surface area contributed by atoms with Gasteiger partial charge >= 0.3 is 18.4 Å². The zero-order valence-corrected chi connectivity index (χ0v) is 24.9. The van der Waals surface area contributed by atoms with Crippen molar-refractivity contribution in [2.45, 2.75) is 103 Å². The molecule has 16 heteroatoms. The number of carbonyl (C=O) groups excluding carboxylic acids is 1. The summed E-state index contributed by atoms with van der Waals surface area (Å²) >= 11 is 0. The van der Waals surface area contributed by atoms with Gasteiger partial charge in [-0.1, -0.05) is 13.8 Å². The second-order valence-electron chi connectivity index (χ2n) is 11.7. The number of halogens is 6. The van der Waals surface area contributed by atoms with E-state index in [9.17, 15) is 31.1 Å². The Hall–Kier alpha value is -3.98. The lowest BCUT2D eigenvalue weighted by molar-refractivity contribution is -0.143. The number of amides is 1. The molecule has 0 bridgehead atoms. The molecule has 1 fully saturated rings. The highest BCUT2D eigenvalue weighted by atomic mass is 19.4. The van der Waals surface area contributed by atoms with Crippen LogP contribution in [0.4, 0.5) is 37.1 Å². The van der Waals surface area contributed by atoms with E-state index in [1.54, 1.807) is 30.6 Å². The van der Waals surface area contributed by atoms with Crippen molar-refractivity contribution in [2.24, 2.45) is 0 Å². The molecule has 3 atom stereocenters. The zero-order valence-electron chi connectivity index (χ0n) is 24.9. The average Bonchev–Trinajstić information content (AvgIpc) is 3.48. The first-order chi connectivity index (χ1) is 20.5. The number of alkyl halides is 6. The predicted molar refractivity (Wildman–Crippen MR) is 147 cm³/mol. The highest BCUT2D eigenvalue weighted by Gasteiger charge is 2.42. The molecule has 44 heavy (non-hydrogen) atoms. The van der Waals surface area contributed by atoms with Crippen molar-refractivity contribution in [1.82, 2.24) is 35.1 Å². The molecule has 0 saturated carbocycles. The molecule has 0 unspecified atom stereocenters. The first-order valence-corrected chi connectivity index (χ1v) is 14.1. The van der Waals surface area contributed by atoms with Gasteiger partial charge in [0.05, 0.1) is 23.5 Å². The quantitative estimate of drug-likeness (QED) is 0.275. The number of ether oxygens (including phenoxy) is 1. The van der Waals surface area contributed by atoms with E-state index in [4.69, 9.17) is 4.74 Å². The number of likely N-dealkylation sites (tertiary alicyclic amines) is 1. The number of aromatic nitrogens is 6. The Morgan fingerprint density at radius 1 is 0.932 bits per heavy atom. The Balaban J connectivity index is 1.76. The van der Waals surface area contributed by atoms with Crippen LogP contribution in [0.25, 0.3) is 5.69 Å². The number of tetrazole rings is 1. The van der Waals surface area contributed by atoms with E-state index in [0.29, 0.717) is 43.5 Å².